The van der Waals surface area contributed by atoms with Crippen molar-refractivity contribution in [3.05, 3.63) is 30.1 Å². The zero-order valence-corrected chi connectivity index (χ0v) is 22.0. The second kappa shape index (κ2) is 9.78. The van der Waals surface area contributed by atoms with E-state index in [4.69, 9.17) is 0 Å². The largest absolute Gasteiger partial charge is 0.393 e. The van der Waals surface area contributed by atoms with E-state index in [0.29, 0.717) is 48.5 Å². The number of hydrogen-bond donors (Lipinski definition) is 3. The van der Waals surface area contributed by atoms with Crippen molar-refractivity contribution in [2.45, 2.75) is 104 Å². The molecule has 4 aliphatic rings. The number of aliphatic hydroxyl groups is 2. The van der Waals surface area contributed by atoms with Gasteiger partial charge in [0.05, 0.1) is 12.2 Å². The molecule has 3 N–H and O–H groups in total. The van der Waals surface area contributed by atoms with E-state index in [-0.39, 0.29) is 28.9 Å². The van der Waals surface area contributed by atoms with Crippen molar-refractivity contribution >= 4 is 5.91 Å². The summed E-state index contributed by atoms with van der Waals surface area (Å²) in [6, 6.07) is 3.88. The van der Waals surface area contributed by atoms with Crippen LogP contribution in [0.1, 0.15) is 90.5 Å². The van der Waals surface area contributed by atoms with Crippen molar-refractivity contribution in [3.8, 4) is 0 Å². The Balaban J connectivity index is 1.21. The first kappa shape index (κ1) is 25.2. The monoisotopic (exact) mass is 482 g/mol. The van der Waals surface area contributed by atoms with E-state index in [9.17, 15) is 15.0 Å². The molecular weight excluding hydrogens is 436 g/mol. The Morgan fingerprint density at radius 1 is 1.06 bits per heavy atom. The molecule has 1 amide bonds. The first-order valence-corrected chi connectivity index (χ1v) is 14.2. The van der Waals surface area contributed by atoms with Crippen molar-refractivity contribution in [3.63, 3.8) is 0 Å². The lowest BCUT2D eigenvalue weighted by Gasteiger charge is -2.62. The van der Waals surface area contributed by atoms with Gasteiger partial charge in [-0.05, 0) is 122 Å². The number of carbonyl (C=O) groups is 1. The predicted molar refractivity (Wildman–Crippen MR) is 137 cm³/mol. The quantitative estimate of drug-likeness (QED) is 0.527. The number of fused-ring (bicyclic) bond motifs is 5. The number of amides is 1. The summed E-state index contributed by atoms with van der Waals surface area (Å²) in [7, 11) is 0. The molecule has 4 saturated carbocycles. The van der Waals surface area contributed by atoms with Crippen molar-refractivity contribution in [1.29, 1.82) is 0 Å². The van der Waals surface area contributed by atoms with E-state index in [1.807, 2.05) is 12.1 Å². The normalized spacial score (nSPS) is 43.5. The van der Waals surface area contributed by atoms with Gasteiger partial charge in [0.1, 0.15) is 0 Å². The van der Waals surface area contributed by atoms with E-state index >= 15 is 0 Å². The molecule has 5 heteroatoms. The lowest BCUT2D eigenvalue weighted by molar-refractivity contribution is -0.174. The van der Waals surface area contributed by atoms with Crippen LogP contribution in [0.2, 0.25) is 0 Å². The minimum Gasteiger partial charge on any atom is -0.393 e. The first-order valence-electron chi connectivity index (χ1n) is 14.2. The minimum atomic E-state index is -0.221. The molecule has 0 aromatic carbocycles. The molecule has 0 aliphatic heterocycles. The van der Waals surface area contributed by atoms with E-state index in [2.05, 4.69) is 31.1 Å². The summed E-state index contributed by atoms with van der Waals surface area (Å²) < 4.78 is 0. The van der Waals surface area contributed by atoms with Crippen LogP contribution in [-0.4, -0.2) is 33.3 Å². The van der Waals surface area contributed by atoms with Crippen LogP contribution in [-0.2, 0) is 11.3 Å². The van der Waals surface area contributed by atoms with Crippen molar-refractivity contribution < 1.29 is 15.0 Å². The Hall–Kier alpha value is -1.46. The number of nitrogens with zero attached hydrogens (tertiary/aromatic N) is 1. The predicted octanol–water partition coefficient (Wildman–Crippen LogP) is 5.10. The third-order valence-corrected chi connectivity index (χ3v) is 11.5. The standard InChI is InChI=1S/C30H46N2O3/c1-19(4-7-27(35)32-18-20-10-14-31-15-11-20)23-5-6-24-28-25(9-13-30(23,24)3)29(2)12-8-22(33)16-21(29)17-26(28)34/h10-11,14-15,19,21-26,28,33-34H,4-9,12-13,16-18H2,1-3H3,(H,32,35). The topological polar surface area (TPSA) is 82.5 Å². The Bertz CT molecular complexity index is 893. The van der Waals surface area contributed by atoms with Gasteiger partial charge in [-0.25, -0.2) is 0 Å². The zero-order valence-electron chi connectivity index (χ0n) is 22.0. The van der Waals surface area contributed by atoms with Gasteiger partial charge < -0.3 is 15.5 Å². The van der Waals surface area contributed by atoms with Crippen LogP contribution in [0.3, 0.4) is 0 Å². The molecule has 5 nitrogen and oxygen atoms in total. The van der Waals surface area contributed by atoms with Gasteiger partial charge in [-0.15, -0.1) is 0 Å². The van der Waals surface area contributed by atoms with Crippen LogP contribution in [0.15, 0.2) is 24.5 Å². The third-order valence-electron chi connectivity index (χ3n) is 11.5. The molecule has 1 aromatic heterocycles. The molecule has 0 bridgehead atoms. The molecule has 4 fully saturated rings. The molecule has 0 spiro atoms. The van der Waals surface area contributed by atoms with E-state index in [1.165, 1.54) is 25.7 Å². The lowest BCUT2D eigenvalue weighted by atomic mass is 9.43. The van der Waals surface area contributed by atoms with Crippen LogP contribution in [0.5, 0.6) is 0 Å². The van der Waals surface area contributed by atoms with Crippen LogP contribution in [0, 0.1) is 46.3 Å². The number of hydrogen-bond acceptors (Lipinski definition) is 4. The Morgan fingerprint density at radius 2 is 1.77 bits per heavy atom. The molecule has 1 heterocycles. The maximum atomic E-state index is 12.5. The smallest absolute Gasteiger partial charge is 0.220 e. The molecule has 10 unspecified atom stereocenters. The summed E-state index contributed by atoms with van der Waals surface area (Å²) in [5, 5.41) is 24.8. The van der Waals surface area contributed by atoms with Crippen LogP contribution < -0.4 is 5.32 Å². The molecular formula is C30H46N2O3. The zero-order chi connectivity index (χ0) is 24.8. The van der Waals surface area contributed by atoms with Crippen LogP contribution in [0.25, 0.3) is 0 Å². The summed E-state index contributed by atoms with van der Waals surface area (Å²) in [5.74, 6) is 3.34. The highest BCUT2D eigenvalue weighted by atomic mass is 16.3. The Labute approximate surface area is 211 Å². The van der Waals surface area contributed by atoms with Crippen molar-refractivity contribution in [2.24, 2.45) is 46.3 Å². The summed E-state index contributed by atoms with van der Waals surface area (Å²) in [6.45, 7) is 7.92. The van der Waals surface area contributed by atoms with Crippen molar-refractivity contribution in [1.82, 2.24) is 10.3 Å². The second-order valence-corrected chi connectivity index (χ2v) is 13.1. The highest BCUT2D eigenvalue weighted by Crippen LogP contribution is 2.68. The SMILES string of the molecule is CC(CCC(=O)NCc1ccncc1)C1CCC2C3C(O)CC4CC(O)CCC4(C)C3CCC12C. The number of pyridine rings is 1. The molecule has 10 atom stereocenters. The summed E-state index contributed by atoms with van der Waals surface area (Å²) in [6.07, 6.45) is 13.4. The molecule has 194 valence electrons. The third kappa shape index (κ3) is 4.56. The molecule has 4 aliphatic carbocycles. The van der Waals surface area contributed by atoms with E-state index in [1.54, 1.807) is 12.4 Å². The average Bonchev–Trinajstić information content (AvgIpc) is 3.20. The number of nitrogens with one attached hydrogen (secondary N) is 1. The van der Waals surface area contributed by atoms with E-state index < -0.39 is 0 Å². The number of carbonyl (C=O) groups excluding carboxylic acids is 1. The molecule has 0 saturated heterocycles. The fourth-order valence-electron chi connectivity index (χ4n) is 9.53. The van der Waals surface area contributed by atoms with Gasteiger partial charge in [0.25, 0.3) is 0 Å². The summed E-state index contributed by atoms with van der Waals surface area (Å²) >= 11 is 0. The maximum absolute atomic E-state index is 12.5. The number of aliphatic hydroxyl groups excluding tert-OH is 2. The molecule has 35 heavy (non-hydrogen) atoms. The fourth-order valence-corrected chi connectivity index (χ4v) is 9.53. The number of aromatic nitrogens is 1. The highest BCUT2D eigenvalue weighted by molar-refractivity contribution is 5.75. The number of rotatable bonds is 6. The van der Waals surface area contributed by atoms with Gasteiger partial charge in [0.2, 0.25) is 5.91 Å². The molecule has 5 rings (SSSR count). The lowest BCUT2D eigenvalue weighted by Crippen LogP contribution is -2.58. The molecule has 0 radical (unpaired) electrons. The average molecular weight is 483 g/mol. The van der Waals surface area contributed by atoms with E-state index in [0.717, 1.165) is 37.7 Å². The Kier molecular flexibility index (Phi) is 7.04. The van der Waals surface area contributed by atoms with Crippen LogP contribution >= 0.6 is 0 Å². The van der Waals surface area contributed by atoms with Gasteiger partial charge in [0, 0.05) is 25.4 Å². The first-order chi connectivity index (χ1) is 16.7. The highest BCUT2D eigenvalue weighted by Gasteiger charge is 2.62. The van der Waals surface area contributed by atoms with Gasteiger partial charge in [0.15, 0.2) is 0 Å². The second-order valence-electron chi connectivity index (χ2n) is 13.1. The minimum absolute atomic E-state index is 0.137. The maximum Gasteiger partial charge on any atom is 0.220 e. The molecule has 1 aromatic rings. The summed E-state index contributed by atoms with van der Waals surface area (Å²) in [4.78, 5) is 16.6. The van der Waals surface area contributed by atoms with Gasteiger partial charge >= 0.3 is 0 Å². The fraction of sp³-hybridized carbons (Fsp3) is 0.800. The van der Waals surface area contributed by atoms with Gasteiger partial charge in [-0.2, -0.15) is 0 Å². The van der Waals surface area contributed by atoms with Crippen molar-refractivity contribution in [2.75, 3.05) is 0 Å². The van der Waals surface area contributed by atoms with Gasteiger partial charge in [-0.3, -0.25) is 9.78 Å². The van der Waals surface area contributed by atoms with Gasteiger partial charge in [-0.1, -0.05) is 20.8 Å². The van der Waals surface area contributed by atoms with Crippen LogP contribution in [0.4, 0.5) is 0 Å². The Morgan fingerprint density at radius 3 is 2.54 bits per heavy atom. The summed E-state index contributed by atoms with van der Waals surface area (Å²) in [5.41, 5.74) is 1.63.